The smallest absolute Gasteiger partial charge is 0.433 e. The number of carbonyl (C=O) groups excluding carboxylic acids is 1. The zero-order valence-electron chi connectivity index (χ0n) is 17.5. The predicted molar refractivity (Wildman–Crippen MR) is 112 cm³/mol. The average molecular weight is 454 g/mol. The van der Waals surface area contributed by atoms with Crippen molar-refractivity contribution >= 4 is 11.6 Å². The molecule has 3 heterocycles. The Morgan fingerprint density at radius 3 is 2.36 bits per heavy atom. The molecule has 1 aromatic carbocycles. The Kier molecular flexibility index (Phi) is 5.78. The predicted octanol–water partition coefficient (Wildman–Crippen LogP) is 4.74. The fraction of sp³-hybridized carbons (Fsp3) is 0.136. The second-order valence-corrected chi connectivity index (χ2v) is 7.06. The number of benzene rings is 1. The van der Waals surface area contributed by atoms with Crippen LogP contribution in [-0.4, -0.2) is 30.6 Å². The Labute approximate surface area is 186 Å². The molecule has 0 bridgehead atoms. The number of halogens is 3. The van der Waals surface area contributed by atoms with Crippen LogP contribution in [0.5, 0.6) is 11.6 Å². The maximum atomic E-state index is 12.6. The van der Waals surface area contributed by atoms with Crippen LogP contribution in [0.15, 0.2) is 61.1 Å². The van der Waals surface area contributed by atoms with Crippen LogP contribution in [0.1, 0.15) is 27.4 Å². The van der Waals surface area contributed by atoms with Crippen molar-refractivity contribution in [2.75, 3.05) is 5.32 Å². The molecule has 0 aliphatic heterocycles. The normalized spacial score (nSPS) is 11.3. The third kappa shape index (κ3) is 5.14. The first-order chi connectivity index (χ1) is 15.7. The van der Waals surface area contributed by atoms with Crippen molar-refractivity contribution in [3.8, 4) is 17.4 Å². The fourth-order valence-electron chi connectivity index (χ4n) is 2.99. The summed E-state index contributed by atoms with van der Waals surface area (Å²) in [4.78, 5) is 23.9. The summed E-state index contributed by atoms with van der Waals surface area (Å²) >= 11 is 0. The zero-order chi connectivity index (χ0) is 23.6. The number of nitrogens with one attached hydrogen (secondary N) is 1. The van der Waals surface area contributed by atoms with E-state index in [4.69, 9.17) is 4.74 Å². The number of hydrogen-bond donors (Lipinski definition) is 1. The minimum Gasteiger partial charge on any atom is -0.439 e. The highest BCUT2D eigenvalue weighted by Crippen LogP contribution is 2.27. The monoisotopic (exact) mass is 454 g/mol. The molecule has 0 atom stereocenters. The van der Waals surface area contributed by atoms with E-state index in [9.17, 15) is 18.0 Å². The van der Waals surface area contributed by atoms with Crippen molar-refractivity contribution < 1.29 is 22.7 Å². The van der Waals surface area contributed by atoms with Crippen LogP contribution in [0, 0.1) is 13.8 Å². The van der Waals surface area contributed by atoms with E-state index in [2.05, 4.69) is 25.4 Å². The standard InChI is InChI=1S/C22H17F3N6O2/c1-13-9-14(2)31(30-13)19-10-20(28-12-27-19)33-17-6-4-16(5-7-17)29-21(32)15-3-8-18(26-11-15)22(23,24)25/h3-12H,1-2H3,(H,29,32). The molecule has 11 heteroatoms. The summed E-state index contributed by atoms with van der Waals surface area (Å²) in [5, 5.41) is 6.97. The van der Waals surface area contributed by atoms with Gasteiger partial charge >= 0.3 is 6.18 Å². The summed E-state index contributed by atoms with van der Waals surface area (Å²) in [7, 11) is 0. The molecule has 4 rings (SSSR count). The van der Waals surface area contributed by atoms with Gasteiger partial charge in [0, 0.05) is 23.6 Å². The lowest BCUT2D eigenvalue weighted by molar-refractivity contribution is -0.141. The third-order valence-electron chi connectivity index (χ3n) is 4.50. The van der Waals surface area contributed by atoms with Crippen LogP contribution in [-0.2, 0) is 6.18 Å². The van der Waals surface area contributed by atoms with Crippen LogP contribution in [0.4, 0.5) is 18.9 Å². The molecule has 168 valence electrons. The highest BCUT2D eigenvalue weighted by molar-refractivity contribution is 6.04. The summed E-state index contributed by atoms with van der Waals surface area (Å²) in [6.45, 7) is 3.80. The number of carbonyl (C=O) groups is 1. The molecule has 8 nitrogen and oxygen atoms in total. The Hall–Kier alpha value is -4.28. The van der Waals surface area contributed by atoms with Gasteiger partial charge in [0.05, 0.1) is 11.3 Å². The van der Waals surface area contributed by atoms with Gasteiger partial charge in [0.2, 0.25) is 5.88 Å². The second-order valence-electron chi connectivity index (χ2n) is 7.06. The molecule has 0 saturated carbocycles. The molecule has 0 spiro atoms. The van der Waals surface area contributed by atoms with Gasteiger partial charge < -0.3 is 10.1 Å². The molecule has 0 unspecified atom stereocenters. The van der Waals surface area contributed by atoms with Gasteiger partial charge in [0.25, 0.3) is 5.91 Å². The molecular weight excluding hydrogens is 437 g/mol. The van der Waals surface area contributed by atoms with E-state index in [-0.39, 0.29) is 5.56 Å². The Balaban J connectivity index is 1.42. The average Bonchev–Trinajstić information content (AvgIpc) is 3.13. The van der Waals surface area contributed by atoms with E-state index in [1.807, 2.05) is 19.9 Å². The quantitative estimate of drug-likeness (QED) is 0.468. The summed E-state index contributed by atoms with van der Waals surface area (Å²) in [5.41, 5.74) is 1.14. The van der Waals surface area contributed by atoms with E-state index in [1.54, 1.807) is 35.0 Å². The molecule has 0 saturated heterocycles. The zero-order valence-corrected chi connectivity index (χ0v) is 17.5. The third-order valence-corrected chi connectivity index (χ3v) is 4.50. The first kappa shape index (κ1) is 21.9. The number of alkyl halides is 3. The van der Waals surface area contributed by atoms with Crippen molar-refractivity contribution in [1.82, 2.24) is 24.7 Å². The molecule has 0 aliphatic rings. The fourth-order valence-corrected chi connectivity index (χ4v) is 2.99. The van der Waals surface area contributed by atoms with Gasteiger partial charge in [0.1, 0.15) is 17.8 Å². The van der Waals surface area contributed by atoms with Crippen LogP contribution in [0.25, 0.3) is 5.82 Å². The van der Waals surface area contributed by atoms with E-state index in [0.717, 1.165) is 29.7 Å². The van der Waals surface area contributed by atoms with Gasteiger partial charge in [-0.1, -0.05) is 0 Å². The van der Waals surface area contributed by atoms with E-state index in [1.165, 1.54) is 6.33 Å². The number of pyridine rings is 1. The van der Waals surface area contributed by atoms with E-state index >= 15 is 0 Å². The molecular formula is C22H17F3N6O2. The maximum Gasteiger partial charge on any atom is 0.433 e. The Morgan fingerprint density at radius 2 is 1.76 bits per heavy atom. The Bertz CT molecular complexity index is 1280. The van der Waals surface area contributed by atoms with E-state index in [0.29, 0.717) is 23.1 Å². The topological polar surface area (TPSA) is 94.8 Å². The molecule has 3 aromatic heterocycles. The first-order valence-electron chi connectivity index (χ1n) is 9.67. The number of aromatic nitrogens is 5. The van der Waals surface area contributed by atoms with Crippen molar-refractivity contribution in [2.24, 2.45) is 0 Å². The number of amides is 1. The van der Waals surface area contributed by atoms with Crippen LogP contribution in [0.3, 0.4) is 0 Å². The highest BCUT2D eigenvalue weighted by atomic mass is 19.4. The number of nitrogens with zero attached hydrogens (tertiary/aromatic N) is 5. The van der Waals surface area contributed by atoms with Gasteiger partial charge in [-0.3, -0.25) is 9.78 Å². The lowest BCUT2D eigenvalue weighted by Gasteiger charge is -2.09. The molecule has 0 fully saturated rings. The van der Waals surface area contributed by atoms with Crippen molar-refractivity contribution in [1.29, 1.82) is 0 Å². The van der Waals surface area contributed by atoms with Crippen LogP contribution < -0.4 is 10.1 Å². The lowest BCUT2D eigenvalue weighted by atomic mass is 10.2. The molecule has 33 heavy (non-hydrogen) atoms. The number of rotatable bonds is 5. The number of hydrogen-bond acceptors (Lipinski definition) is 6. The second kappa shape index (κ2) is 8.69. The number of ether oxygens (including phenoxy) is 1. The van der Waals surface area contributed by atoms with Gasteiger partial charge in [0.15, 0.2) is 5.82 Å². The summed E-state index contributed by atoms with van der Waals surface area (Å²) in [6.07, 6.45) is -2.32. The van der Waals surface area contributed by atoms with Gasteiger partial charge in [-0.05, 0) is 56.3 Å². The highest BCUT2D eigenvalue weighted by Gasteiger charge is 2.32. The summed E-state index contributed by atoms with van der Waals surface area (Å²) < 4.78 is 45.2. The first-order valence-corrected chi connectivity index (χ1v) is 9.67. The van der Waals surface area contributed by atoms with E-state index < -0.39 is 17.8 Å². The number of anilines is 1. The summed E-state index contributed by atoms with van der Waals surface area (Å²) in [6, 6.07) is 11.8. The largest absolute Gasteiger partial charge is 0.439 e. The minimum absolute atomic E-state index is 0.000920. The molecule has 1 N–H and O–H groups in total. The van der Waals surface area contributed by atoms with Crippen LogP contribution in [0.2, 0.25) is 0 Å². The summed E-state index contributed by atoms with van der Waals surface area (Å²) in [5.74, 6) is 0.734. The van der Waals surface area contributed by atoms with Crippen molar-refractivity contribution in [3.05, 3.63) is 83.7 Å². The minimum atomic E-state index is -4.56. The Morgan fingerprint density at radius 1 is 1.00 bits per heavy atom. The van der Waals surface area contributed by atoms with Crippen LogP contribution >= 0.6 is 0 Å². The number of aryl methyl sites for hydroxylation is 2. The van der Waals surface area contributed by atoms with Gasteiger partial charge in [-0.15, -0.1) is 0 Å². The molecule has 0 aliphatic carbocycles. The molecule has 1 amide bonds. The molecule has 4 aromatic rings. The van der Waals surface area contributed by atoms with Gasteiger partial charge in [-0.2, -0.15) is 18.3 Å². The lowest BCUT2D eigenvalue weighted by Crippen LogP contribution is -2.14. The molecule has 0 radical (unpaired) electrons. The van der Waals surface area contributed by atoms with Crippen molar-refractivity contribution in [3.63, 3.8) is 0 Å². The SMILES string of the molecule is Cc1cc(C)n(-c2cc(Oc3ccc(NC(=O)c4ccc(C(F)(F)F)nc4)cc3)ncn2)n1. The van der Waals surface area contributed by atoms with Crippen molar-refractivity contribution in [2.45, 2.75) is 20.0 Å². The van der Waals surface area contributed by atoms with Gasteiger partial charge in [-0.25, -0.2) is 14.6 Å². The maximum absolute atomic E-state index is 12.6.